The summed E-state index contributed by atoms with van der Waals surface area (Å²) < 4.78 is 39.4. The van der Waals surface area contributed by atoms with Crippen LogP contribution in [0.25, 0.3) is 0 Å². The zero-order valence-electron chi connectivity index (χ0n) is 12.5. The maximum Gasteiger partial charge on any atom is 0.387 e. The van der Waals surface area contributed by atoms with Gasteiger partial charge in [-0.2, -0.15) is 8.78 Å². The van der Waals surface area contributed by atoms with E-state index in [4.69, 9.17) is 9.47 Å². The average molecular weight is 323 g/mol. The molecule has 0 aromatic heterocycles. The molecule has 2 rings (SSSR count). The standard InChI is InChI=1S/C16H15F2NO4/c1-21-10-7-8-11(14(9-10)22-2)15(20)19-12-5-3-4-6-13(12)23-16(17)18/h3-9,16H,1-2H3,(H,19,20). The van der Waals surface area contributed by atoms with E-state index in [1.54, 1.807) is 18.2 Å². The summed E-state index contributed by atoms with van der Waals surface area (Å²) in [6.07, 6.45) is 0. The van der Waals surface area contributed by atoms with Gasteiger partial charge in [0, 0.05) is 6.07 Å². The molecule has 122 valence electrons. The van der Waals surface area contributed by atoms with E-state index in [1.165, 1.54) is 38.5 Å². The van der Waals surface area contributed by atoms with Crippen LogP contribution in [0.1, 0.15) is 10.4 Å². The molecule has 2 aromatic rings. The summed E-state index contributed by atoms with van der Waals surface area (Å²) in [6.45, 7) is -2.98. The van der Waals surface area contributed by atoms with E-state index in [0.717, 1.165) is 0 Å². The monoisotopic (exact) mass is 323 g/mol. The zero-order valence-corrected chi connectivity index (χ0v) is 12.5. The van der Waals surface area contributed by atoms with Gasteiger partial charge in [0.05, 0.1) is 25.5 Å². The fourth-order valence-electron chi connectivity index (χ4n) is 1.94. The molecular weight excluding hydrogens is 308 g/mol. The Labute approximate surface area is 131 Å². The predicted molar refractivity (Wildman–Crippen MR) is 80.6 cm³/mol. The quantitative estimate of drug-likeness (QED) is 0.883. The predicted octanol–water partition coefficient (Wildman–Crippen LogP) is 3.56. The van der Waals surface area contributed by atoms with Gasteiger partial charge in [-0.05, 0) is 24.3 Å². The first-order valence-corrected chi connectivity index (χ1v) is 6.62. The number of carbonyl (C=O) groups excluding carboxylic acids is 1. The van der Waals surface area contributed by atoms with Gasteiger partial charge in [-0.25, -0.2) is 0 Å². The summed E-state index contributed by atoms with van der Waals surface area (Å²) in [5, 5.41) is 2.53. The van der Waals surface area contributed by atoms with Crippen LogP contribution >= 0.6 is 0 Å². The molecule has 0 atom stereocenters. The number of benzene rings is 2. The number of nitrogens with one attached hydrogen (secondary N) is 1. The lowest BCUT2D eigenvalue weighted by molar-refractivity contribution is -0.0493. The number of amides is 1. The van der Waals surface area contributed by atoms with Crippen LogP contribution in [-0.2, 0) is 0 Å². The van der Waals surface area contributed by atoms with Crippen LogP contribution in [0.4, 0.5) is 14.5 Å². The maximum absolute atomic E-state index is 12.4. The minimum Gasteiger partial charge on any atom is -0.497 e. The zero-order chi connectivity index (χ0) is 16.8. The molecule has 0 aliphatic rings. The topological polar surface area (TPSA) is 56.8 Å². The average Bonchev–Trinajstić information content (AvgIpc) is 2.55. The number of rotatable bonds is 6. The highest BCUT2D eigenvalue weighted by atomic mass is 19.3. The Morgan fingerprint density at radius 2 is 1.78 bits per heavy atom. The van der Waals surface area contributed by atoms with Crippen molar-refractivity contribution in [3.63, 3.8) is 0 Å². The molecule has 0 bridgehead atoms. The van der Waals surface area contributed by atoms with Crippen LogP contribution < -0.4 is 19.5 Å². The van der Waals surface area contributed by atoms with Gasteiger partial charge in [-0.3, -0.25) is 4.79 Å². The maximum atomic E-state index is 12.4. The van der Waals surface area contributed by atoms with Crippen molar-refractivity contribution in [2.45, 2.75) is 6.61 Å². The molecule has 0 saturated heterocycles. The lowest BCUT2D eigenvalue weighted by atomic mass is 10.1. The molecule has 0 heterocycles. The summed E-state index contributed by atoms with van der Waals surface area (Å²) in [6, 6.07) is 10.6. The SMILES string of the molecule is COc1ccc(C(=O)Nc2ccccc2OC(F)F)c(OC)c1. The fourth-order valence-corrected chi connectivity index (χ4v) is 1.94. The van der Waals surface area contributed by atoms with Crippen molar-refractivity contribution in [3.8, 4) is 17.2 Å². The molecule has 0 aliphatic heterocycles. The number of methoxy groups -OCH3 is 2. The van der Waals surface area contributed by atoms with Crippen LogP contribution in [0.5, 0.6) is 17.2 Å². The largest absolute Gasteiger partial charge is 0.497 e. The lowest BCUT2D eigenvalue weighted by Crippen LogP contribution is -2.15. The summed E-state index contributed by atoms with van der Waals surface area (Å²) in [5.74, 6) is 0.187. The third-order valence-electron chi connectivity index (χ3n) is 3.00. The normalized spacial score (nSPS) is 10.3. The smallest absolute Gasteiger partial charge is 0.387 e. The van der Waals surface area contributed by atoms with Crippen molar-refractivity contribution in [2.75, 3.05) is 19.5 Å². The van der Waals surface area contributed by atoms with E-state index in [2.05, 4.69) is 10.1 Å². The first kappa shape index (κ1) is 16.5. The van der Waals surface area contributed by atoms with Gasteiger partial charge in [-0.1, -0.05) is 12.1 Å². The Bertz CT molecular complexity index is 692. The molecule has 1 N–H and O–H groups in total. The second-order valence-corrected chi connectivity index (χ2v) is 4.40. The molecular formula is C16H15F2NO4. The van der Waals surface area contributed by atoms with Crippen molar-refractivity contribution in [1.29, 1.82) is 0 Å². The Balaban J connectivity index is 2.26. The molecule has 0 radical (unpaired) electrons. The third kappa shape index (κ3) is 4.09. The molecule has 0 unspecified atom stereocenters. The van der Waals surface area contributed by atoms with Crippen molar-refractivity contribution in [3.05, 3.63) is 48.0 Å². The van der Waals surface area contributed by atoms with Crippen LogP contribution in [0.2, 0.25) is 0 Å². The Morgan fingerprint density at radius 3 is 2.43 bits per heavy atom. The van der Waals surface area contributed by atoms with E-state index in [0.29, 0.717) is 11.5 Å². The van der Waals surface area contributed by atoms with Crippen molar-refractivity contribution in [1.82, 2.24) is 0 Å². The summed E-state index contributed by atoms with van der Waals surface area (Å²) in [4.78, 5) is 12.4. The highest BCUT2D eigenvalue weighted by Crippen LogP contribution is 2.29. The number of anilines is 1. The number of hydrogen-bond acceptors (Lipinski definition) is 4. The molecule has 0 aliphatic carbocycles. The van der Waals surface area contributed by atoms with E-state index < -0.39 is 12.5 Å². The molecule has 0 spiro atoms. The number of carbonyl (C=O) groups is 1. The second kappa shape index (κ2) is 7.44. The van der Waals surface area contributed by atoms with E-state index in [9.17, 15) is 13.6 Å². The van der Waals surface area contributed by atoms with E-state index in [-0.39, 0.29) is 17.0 Å². The highest BCUT2D eigenvalue weighted by molar-refractivity contribution is 6.07. The summed E-state index contributed by atoms with van der Waals surface area (Å²) in [7, 11) is 2.91. The molecule has 2 aromatic carbocycles. The lowest BCUT2D eigenvalue weighted by Gasteiger charge is -2.13. The van der Waals surface area contributed by atoms with Crippen LogP contribution in [-0.4, -0.2) is 26.7 Å². The second-order valence-electron chi connectivity index (χ2n) is 4.40. The number of para-hydroxylation sites is 2. The van der Waals surface area contributed by atoms with Crippen LogP contribution in [0, 0.1) is 0 Å². The highest BCUT2D eigenvalue weighted by Gasteiger charge is 2.16. The Hall–Kier alpha value is -2.83. The van der Waals surface area contributed by atoms with Gasteiger partial charge in [0.1, 0.15) is 17.2 Å². The molecule has 1 amide bonds. The summed E-state index contributed by atoms with van der Waals surface area (Å²) in [5.41, 5.74) is 0.371. The molecule has 5 nitrogen and oxygen atoms in total. The van der Waals surface area contributed by atoms with Gasteiger partial charge >= 0.3 is 6.61 Å². The van der Waals surface area contributed by atoms with Gasteiger partial charge in [0.25, 0.3) is 5.91 Å². The van der Waals surface area contributed by atoms with Gasteiger partial charge < -0.3 is 19.5 Å². The number of hydrogen-bond donors (Lipinski definition) is 1. The van der Waals surface area contributed by atoms with Gasteiger partial charge in [0.15, 0.2) is 0 Å². The molecule has 0 saturated carbocycles. The molecule has 23 heavy (non-hydrogen) atoms. The number of ether oxygens (including phenoxy) is 3. The minimum atomic E-state index is -2.98. The van der Waals surface area contributed by atoms with E-state index >= 15 is 0 Å². The van der Waals surface area contributed by atoms with Crippen LogP contribution in [0.15, 0.2) is 42.5 Å². The number of halogens is 2. The summed E-state index contributed by atoms with van der Waals surface area (Å²) >= 11 is 0. The van der Waals surface area contributed by atoms with Gasteiger partial charge in [0.2, 0.25) is 0 Å². The third-order valence-corrected chi connectivity index (χ3v) is 3.00. The number of alkyl halides is 2. The first-order valence-electron chi connectivity index (χ1n) is 6.62. The minimum absolute atomic E-state index is 0.122. The first-order chi connectivity index (χ1) is 11.0. The Kier molecular flexibility index (Phi) is 5.35. The fraction of sp³-hybridized carbons (Fsp3) is 0.188. The van der Waals surface area contributed by atoms with E-state index in [1.807, 2.05) is 0 Å². The van der Waals surface area contributed by atoms with Crippen molar-refractivity contribution >= 4 is 11.6 Å². The van der Waals surface area contributed by atoms with Crippen LogP contribution in [0.3, 0.4) is 0 Å². The van der Waals surface area contributed by atoms with Crippen molar-refractivity contribution < 1.29 is 27.8 Å². The van der Waals surface area contributed by atoms with Gasteiger partial charge in [-0.15, -0.1) is 0 Å². The molecule has 7 heteroatoms. The Morgan fingerprint density at radius 1 is 1.04 bits per heavy atom. The van der Waals surface area contributed by atoms with Crippen molar-refractivity contribution in [2.24, 2.45) is 0 Å². The molecule has 0 fully saturated rings.